The number of hydrogen-bond acceptors (Lipinski definition) is 3. The zero-order valence-corrected chi connectivity index (χ0v) is 12.4. The number of thiophene rings is 1. The van der Waals surface area contributed by atoms with Gasteiger partial charge in [0.05, 0.1) is 14.7 Å². The number of halogens is 2. The Bertz CT molecular complexity index is 612. The molecule has 1 atom stereocenters. The molecular weight excluding hydrogens is 303 g/mol. The maximum Gasteiger partial charge on any atom is 0.248 e. The highest BCUT2D eigenvalue weighted by Gasteiger charge is 2.13. The van der Waals surface area contributed by atoms with Crippen molar-refractivity contribution in [2.24, 2.45) is 5.73 Å². The lowest BCUT2D eigenvalue weighted by Crippen LogP contribution is -2.12. The first-order valence-corrected chi connectivity index (χ1v) is 7.15. The molecule has 1 amide bonds. The first kappa shape index (κ1) is 14.2. The summed E-state index contributed by atoms with van der Waals surface area (Å²) in [5.41, 5.74) is 7.45. The lowest BCUT2D eigenvalue weighted by atomic mass is 10.1. The first-order chi connectivity index (χ1) is 8.97. The fourth-order valence-corrected chi connectivity index (χ4v) is 3.38. The molecule has 1 heterocycles. The summed E-state index contributed by atoms with van der Waals surface area (Å²) in [6, 6.07) is 8.85. The molecule has 0 aliphatic carbocycles. The molecular formula is C13H12Cl2N2OS. The number of primary amides is 1. The number of rotatable bonds is 4. The average molecular weight is 315 g/mol. The Morgan fingerprint density at radius 2 is 2.11 bits per heavy atom. The highest BCUT2D eigenvalue weighted by Crippen LogP contribution is 2.36. The molecule has 0 radical (unpaired) electrons. The molecule has 0 bridgehead atoms. The van der Waals surface area contributed by atoms with Crippen LogP contribution in [0.1, 0.15) is 28.9 Å². The summed E-state index contributed by atoms with van der Waals surface area (Å²) in [5.74, 6) is -0.451. The Labute approximate surface area is 125 Å². The van der Waals surface area contributed by atoms with Crippen LogP contribution in [0.25, 0.3) is 0 Å². The summed E-state index contributed by atoms with van der Waals surface area (Å²) in [6.45, 7) is 1.97. The zero-order chi connectivity index (χ0) is 14.0. The topological polar surface area (TPSA) is 55.1 Å². The van der Waals surface area contributed by atoms with Crippen LogP contribution in [0.5, 0.6) is 0 Å². The van der Waals surface area contributed by atoms with Crippen molar-refractivity contribution in [1.82, 2.24) is 0 Å². The second-order valence-electron chi connectivity index (χ2n) is 4.09. The van der Waals surface area contributed by atoms with Crippen LogP contribution >= 0.6 is 34.5 Å². The van der Waals surface area contributed by atoms with E-state index in [0.29, 0.717) is 14.2 Å². The standard InChI is InChI=1S/C13H12Cl2N2OS/c1-7(10-6-11(14)19-12(10)15)17-9-4-2-3-8(5-9)13(16)18/h2-7,17H,1H3,(H2,16,18). The molecule has 0 saturated carbocycles. The molecule has 0 spiro atoms. The average Bonchev–Trinajstić information content (AvgIpc) is 2.69. The van der Waals surface area contributed by atoms with Crippen molar-refractivity contribution >= 4 is 46.1 Å². The summed E-state index contributed by atoms with van der Waals surface area (Å²) in [5, 5.41) is 3.26. The lowest BCUT2D eigenvalue weighted by Gasteiger charge is -2.15. The van der Waals surface area contributed by atoms with Crippen LogP contribution in [0.2, 0.25) is 8.67 Å². The monoisotopic (exact) mass is 314 g/mol. The molecule has 1 aromatic heterocycles. The number of nitrogens with one attached hydrogen (secondary N) is 1. The highest BCUT2D eigenvalue weighted by atomic mass is 35.5. The van der Waals surface area contributed by atoms with E-state index in [1.807, 2.05) is 19.1 Å². The number of hydrogen-bond donors (Lipinski definition) is 2. The minimum absolute atomic E-state index is 0.0145. The van der Waals surface area contributed by atoms with E-state index in [4.69, 9.17) is 28.9 Å². The number of anilines is 1. The summed E-state index contributed by atoms with van der Waals surface area (Å²) >= 11 is 13.4. The SMILES string of the molecule is CC(Nc1cccc(C(N)=O)c1)c1cc(Cl)sc1Cl. The predicted molar refractivity (Wildman–Crippen MR) is 81.3 cm³/mol. The van der Waals surface area contributed by atoms with Crippen molar-refractivity contribution in [2.45, 2.75) is 13.0 Å². The number of nitrogens with two attached hydrogens (primary N) is 1. The van der Waals surface area contributed by atoms with E-state index in [-0.39, 0.29) is 6.04 Å². The van der Waals surface area contributed by atoms with E-state index in [2.05, 4.69) is 5.32 Å². The van der Waals surface area contributed by atoms with Gasteiger partial charge in [-0.15, -0.1) is 11.3 Å². The molecule has 1 unspecified atom stereocenters. The van der Waals surface area contributed by atoms with Gasteiger partial charge in [0, 0.05) is 16.8 Å². The van der Waals surface area contributed by atoms with Crippen LogP contribution in [0.4, 0.5) is 5.69 Å². The third-order valence-electron chi connectivity index (χ3n) is 2.68. The maximum absolute atomic E-state index is 11.1. The summed E-state index contributed by atoms with van der Waals surface area (Å²) < 4.78 is 1.32. The molecule has 100 valence electrons. The van der Waals surface area contributed by atoms with Gasteiger partial charge < -0.3 is 11.1 Å². The normalized spacial score (nSPS) is 12.2. The molecule has 2 aromatic rings. The van der Waals surface area contributed by atoms with Gasteiger partial charge in [-0.2, -0.15) is 0 Å². The molecule has 2 rings (SSSR count). The van der Waals surface area contributed by atoms with E-state index in [9.17, 15) is 4.79 Å². The van der Waals surface area contributed by atoms with Crippen LogP contribution < -0.4 is 11.1 Å². The molecule has 0 fully saturated rings. The molecule has 0 aliphatic heterocycles. The smallest absolute Gasteiger partial charge is 0.248 e. The van der Waals surface area contributed by atoms with Crippen molar-refractivity contribution in [3.63, 3.8) is 0 Å². The quantitative estimate of drug-likeness (QED) is 0.882. The van der Waals surface area contributed by atoms with E-state index >= 15 is 0 Å². The van der Waals surface area contributed by atoms with Gasteiger partial charge in [0.2, 0.25) is 5.91 Å². The van der Waals surface area contributed by atoms with Crippen LogP contribution in [0, 0.1) is 0 Å². The lowest BCUT2D eigenvalue weighted by molar-refractivity contribution is 0.100. The number of carbonyl (C=O) groups is 1. The van der Waals surface area contributed by atoms with E-state index < -0.39 is 5.91 Å². The molecule has 3 nitrogen and oxygen atoms in total. The molecule has 0 saturated heterocycles. The predicted octanol–water partition coefficient (Wildman–Crippen LogP) is 4.33. The highest BCUT2D eigenvalue weighted by molar-refractivity contribution is 7.20. The Hall–Kier alpha value is -1.23. The van der Waals surface area contributed by atoms with Gasteiger partial charge in [-0.25, -0.2) is 0 Å². The fraction of sp³-hybridized carbons (Fsp3) is 0.154. The van der Waals surface area contributed by atoms with Gasteiger partial charge in [-0.1, -0.05) is 29.3 Å². The van der Waals surface area contributed by atoms with E-state index in [1.165, 1.54) is 11.3 Å². The Morgan fingerprint density at radius 3 is 2.68 bits per heavy atom. The molecule has 1 aromatic carbocycles. The fourth-order valence-electron chi connectivity index (χ4n) is 1.74. The van der Waals surface area contributed by atoms with Gasteiger partial charge in [-0.3, -0.25) is 4.79 Å². The van der Waals surface area contributed by atoms with Crippen molar-refractivity contribution in [3.05, 3.63) is 50.1 Å². The first-order valence-electron chi connectivity index (χ1n) is 5.58. The third kappa shape index (κ3) is 3.41. The van der Waals surface area contributed by atoms with Gasteiger partial charge in [0.25, 0.3) is 0 Å². The van der Waals surface area contributed by atoms with Gasteiger partial charge >= 0.3 is 0 Å². The van der Waals surface area contributed by atoms with Crippen LogP contribution in [-0.2, 0) is 0 Å². The number of amides is 1. The second kappa shape index (κ2) is 5.82. The second-order valence-corrected chi connectivity index (χ2v) is 6.38. The van der Waals surface area contributed by atoms with Crippen LogP contribution in [-0.4, -0.2) is 5.91 Å². The Balaban J connectivity index is 2.19. The summed E-state index contributed by atoms with van der Waals surface area (Å²) in [7, 11) is 0. The Kier molecular flexibility index (Phi) is 4.34. The minimum Gasteiger partial charge on any atom is -0.378 e. The summed E-state index contributed by atoms with van der Waals surface area (Å²) in [4.78, 5) is 11.1. The largest absolute Gasteiger partial charge is 0.378 e. The maximum atomic E-state index is 11.1. The van der Waals surface area contributed by atoms with Crippen LogP contribution in [0.15, 0.2) is 30.3 Å². The van der Waals surface area contributed by atoms with Crippen molar-refractivity contribution < 1.29 is 4.79 Å². The van der Waals surface area contributed by atoms with Crippen molar-refractivity contribution in [1.29, 1.82) is 0 Å². The molecule has 6 heteroatoms. The van der Waals surface area contributed by atoms with Crippen molar-refractivity contribution in [2.75, 3.05) is 5.32 Å². The summed E-state index contributed by atoms with van der Waals surface area (Å²) in [6.07, 6.45) is 0. The molecule has 0 aliphatic rings. The zero-order valence-electron chi connectivity index (χ0n) is 10.1. The van der Waals surface area contributed by atoms with Crippen LogP contribution in [0.3, 0.4) is 0 Å². The van der Waals surface area contributed by atoms with E-state index in [1.54, 1.807) is 18.2 Å². The van der Waals surface area contributed by atoms with Gasteiger partial charge in [-0.05, 0) is 31.2 Å². The van der Waals surface area contributed by atoms with Gasteiger partial charge in [0.15, 0.2) is 0 Å². The molecule has 19 heavy (non-hydrogen) atoms. The van der Waals surface area contributed by atoms with E-state index in [0.717, 1.165) is 11.3 Å². The third-order valence-corrected chi connectivity index (χ3v) is 4.20. The number of carbonyl (C=O) groups excluding carboxylic acids is 1. The Morgan fingerprint density at radius 1 is 1.37 bits per heavy atom. The number of benzene rings is 1. The van der Waals surface area contributed by atoms with Gasteiger partial charge in [0.1, 0.15) is 0 Å². The molecule has 3 N–H and O–H groups in total. The van der Waals surface area contributed by atoms with Crippen molar-refractivity contribution in [3.8, 4) is 0 Å². The minimum atomic E-state index is -0.451.